The maximum Gasteiger partial charge on any atom is 0.325 e. The number of piperidine rings is 1. The summed E-state index contributed by atoms with van der Waals surface area (Å²) in [6.07, 6.45) is 7.12. The van der Waals surface area contributed by atoms with Gasteiger partial charge >= 0.3 is 6.03 Å². The van der Waals surface area contributed by atoms with E-state index < -0.39 is 11.6 Å². The molecule has 3 fully saturated rings. The SMILES string of the molecule is CCC1CCC2(CC1)NC(=O)N(CC(=O)N1CCCC(C(=O)Nc3ncccc3C)C1)C2=O. The highest BCUT2D eigenvalue weighted by Crippen LogP contribution is 2.37. The minimum absolute atomic E-state index is 0.170. The van der Waals surface area contributed by atoms with Gasteiger partial charge in [-0.05, 0) is 63.0 Å². The molecule has 1 atom stereocenters. The zero-order chi connectivity index (χ0) is 23.6. The molecule has 9 heteroatoms. The van der Waals surface area contributed by atoms with Gasteiger partial charge < -0.3 is 15.5 Å². The number of aryl methyl sites for hydroxylation is 1. The number of hydrogen-bond donors (Lipinski definition) is 2. The van der Waals surface area contributed by atoms with Gasteiger partial charge in [-0.2, -0.15) is 0 Å². The number of likely N-dealkylation sites (tertiary alicyclic amines) is 1. The zero-order valence-corrected chi connectivity index (χ0v) is 19.4. The maximum atomic E-state index is 13.1. The average Bonchev–Trinajstić information content (AvgIpc) is 3.05. The second-order valence-electron chi connectivity index (χ2n) is 9.59. The molecule has 2 saturated heterocycles. The van der Waals surface area contributed by atoms with E-state index in [1.54, 1.807) is 17.2 Å². The predicted octanol–water partition coefficient (Wildman–Crippen LogP) is 2.46. The molecule has 9 nitrogen and oxygen atoms in total. The lowest BCUT2D eigenvalue weighted by Gasteiger charge is -2.35. The van der Waals surface area contributed by atoms with Gasteiger partial charge in [0.2, 0.25) is 11.8 Å². The molecule has 0 radical (unpaired) electrons. The van der Waals surface area contributed by atoms with Gasteiger partial charge in [0.25, 0.3) is 5.91 Å². The van der Waals surface area contributed by atoms with Crippen molar-refractivity contribution in [1.29, 1.82) is 0 Å². The van der Waals surface area contributed by atoms with Crippen molar-refractivity contribution in [3.05, 3.63) is 23.9 Å². The number of urea groups is 1. The highest BCUT2D eigenvalue weighted by atomic mass is 16.2. The number of anilines is 1. The number of nitrogens with one attached hydrogen (secondary N) is 2. The molecule has 178 valence electrons. The normalized spacial score (nSPS) is 27.6. The van der Waals surface area contributed by atoms with Crippen molar-refractivity contribution >= 4 is 29.6 Å². The van der Waals surface area contributed by atoms with E-state index in [0.29, 0.717) is 44.0 Å². The van der Waals surface area contributed by atoms with Crippen molar-refractivity contribution in [3.8, 4) is 0 Å². The largest absolute Gasteiger partial charge is 0.340 e. The second kappa shape index (κ2) is 9.49. The Bertz CT molecular complexity index is 941. The Hall–Kier alpha value is -2.97. The number of rotatable bonds is 5. The quantitative estimate of drug-likeness (QED) is 0.663. The topological polar surface area (TPSA) is 112 Å². The van der Waals surface area contributed by atoms with Crippen molar-refractivity contribution in [2.24, 2.45) is 11.8 Å². The number of pyridine rings is 1. The van der Waals surface area contributed by atoms with Gasteiger partial charge in [-0.15, -0.1) is 0 Å². The number of hydrogen-bond acceptors (Lipinski definition) is 5. The molecular weight excluding hydrogens is 422 g/mol. The van der Waals surface area contributed by atoms with Crippen LogP contribution in [0.3, 0.4) is 0 Å². The van der Waals surface area contributed by atoms with Crippen LogP contribution in [-0.2, 0) is 14.4 Å². The first kappa shape index (κ1) is 23.2. The van der Waals surface area contributed by atoms with Crippen molar-refractivity contribution < 1.29 is 19.2 Å². The van der Waals surface area contributed by atoms with E-state index in [0.717, 1.165) is 29.7 Å². The smallest absolute Gasteiger partial charge is 0.325 e. The molecule has 1 aromatic rings. The molecule has 5 amide bonds. The Morgan fingerprint density at radius 1 is 1.24 bits per heavy atom. The Kier molecular flexibility index (Phi) is 6.67. The highest BCUT2D eigenvalue weighted by Gasteiger charge is 2.52. The van der Waals surface area contributed by atoms with Crippen LogP contribution in [0.4, 0.5) is 10.6 Å². The molecule has 3 heterocycles. The van der Waals surface area contributed by atoms with Gasteiger partial charge in [0, 0.05) is 19.3 Å². The summed E-state index contributed by atoms with van der Waals surface area (Å²) in [4.78, 5) is 58.3. The van der Waals surface area contributed by atoms with Gasteiger partial charge in [-0.25, -0.2) is 9.78 Å². The summed E-state index contributed by atoms with van der Waals surface area (Å²) >= 11 is 0. The number of imide groups is 1. The van der Waals surface area contributed by atoms with Crippen LogP contribution in [0.2, 0.25) is 0 Å². The summed E-state index contributed by atoms with van der Waals surface area (Å²) in [5.74, 6) is -0.00821. The van der Waals surface area contributed by atoms with Crippen LogP contribution in [-0.4, -0.2) is 63.7 Å². The fourth-order valence-electron chi connectivity index (χ4n) is 5.23. The van der Waals surface area contributed by atoms with Crippen LogP contribution in [0, 0.1) is 18.8 Å². The molecule has 1 aromatic heterocycles. The fraction of sp³-hybridized carbons (Fsp3) is 0.625. The first-order valence-electron chi connectivity index (χ1n) is 12.0. The third kappa shape index (κ3) is 4.72. The molecule has 1 unspecified atom stereocenters. The van der Waals surface area contributed by atoms with Gasteiger partial charge in [0.15, 0.2) is 0 Å². The van der Waals surface area contributed by atoms with Gasteiger partial charge in [-0.1, -0.05) is 19.4 Å². The van der Waals surface area contributed by atoms with Gasteiger partial charge in [0.1, 0.15) is 17.9 Å². The molecule has 3 aliphatic rings. The summed E-state index contributed by atoms with van der Waals surface area (Å²) in [7, 11) is 0. The van der Waals surface area contributed by atoms with E-state index in [1.165, 1.54) is 0 Å². The van der Waals surface area contributed by atoms with E-state index in [1.807, 2.05) is 13.0 Å². The summed E-state index contributed by atoms with van der Waals surface area (Å²) in [6.45, 7) is 4.52. The lowest BCUT2D eigenvalue weighted by Crippen LogP contribution is -2.51. The van der Waals surface area contributed by atoms with Gasteiger partial charge in [-0.3, -0.25) is 19.3 Å². The molecule has 0 aromatic carbocycles. The maximum absolute atomic E-state index is 13.1. The van der Waals surface area contributed by atoms with E-state index in [9.17, 15) is 19.2 Å². The number of carbonyl (C=O) groups excluding carboxylic acids is 4. The van der Waals surface area contributed by atoms with Crippen molar-refractivity contribution in [3.63, 3.8) is 0 Å². The molecule has 0 bridgehead atoms. The Morgan fingerprint density at radius 3 is 2.70 bits per heavy atom. The third-order valence-corrected chi connectivity index (χ3v) is 7.47. The Labute approximate surface area is 194 Å². The zero-order valence-electron chi connectivity index (χ0n) is 19.4. The van der Waals surface area contributed by atoms with Gasteiger partial charge in [0.05, 0.1) is 5.92 Å². The molecule has 1 aliphatic carbocycles. The minimum Gasteiger partial charge on any atom is -0.340 e. The highest BCUT2D eigenvalue weighted by molar-refractivity contribution is 6.09. The molecule has 2 aliphatic heterocycles. The average molecular weight is 456 g/mol. The van der Waals surface area contributed by atoms with E-state index in [-0.39, 0.29) is 36.7 Å². The minimum atomic E-state index is -0.853. The first-order chi connectivity index (χ1) is 15.8. The van der Waals surface area contributed by atoms with Crippen LogP contribution < -0.4 is 10.6 Å². The Morgan fingerprint density at radius 2 is 2.00 bits per heavy atom. The number of amides is 5. The monoisotopic (exact) mass is 455 g/mol. The molecule has 2 N–H and O–H groups in total. The van der Waals surface area contributed by atoms with Crippen LogP contribution in [0.5, 0.6) is 0 Å². The van der Waals surface area contributed by atoms with Crippen molar-refractivity contribution in [1.82, 2.24) is 20.1 Å². The number of aromatic nitrogens is 1. The van der Waals surface area contributed by atoms with Crippen LogP contribution in [0.15, 0.2) is 18.3 Å². The van der Waals surface area contributed by atoms with Crippen LogP contribution in [0.25, 0.3) is 0 Å². The molecule has 1 saturated carbocycles. The van der Waals surface area contributed by atoms with E-state index in [4.69, 9.17) is 0 Å². The number of carbonyl (C=O) groups is 4. The second-order valence-corrected chi connectivity index (χ2v) is 9.59. The van der Waals surface area contributed by atoms with Crippen LogP contribution in [0.1, 0.15) is 57.4 Å². The predicted molar refractivity (Wildman–Crippen MR) is 122 cm³/mol. The van der Waals surface area contributed by atoms with Crippen molar-refractivity contribution in [2.75, 3.05) is 25.0 Å². The molecule has 33 heavy (non-hydrogen) atoms. The lowest BCUT2D eigenvalue weighted by atomic mass is 9.75. The van der Waals surface area contributed by atoms with E-state index >= 15 is 0 Å². The summed E-state index contributed by atoms with van der Waals surface area (Å²) in [5.41, 5.74) is 0.0171. The number of nitrogens with zero attached hydrogens (tertiary/aromatic N) is 3. The summed E-state index contributed by atoms with van der Waals surface area (Å²) < 4.78 is 0. The fourth-order valence-corrected chi connectivity index (χ4v) is 5.23. The van der Waals surface area contributed by atoms with E-state index in [2.05, 4.69) is 22.5 Å². The summed E-state index contributed by atoms with van der Waals surface area (Å²) in [6, 6.07) is 3.19. The van der Waals surface area contributed by atoms with Crippen LogP contribution >= 0.6 is 0 Å². The standard InChI is InChI=1S/C24H33N5O4/c1-3-17-8-10-24(11-9-17)22(32)29(23(33)27-24)15-19(30)28-13-5-7-18(14-28)21(31)26-20-16(2)6-4-12-25-20/h4,6,12,17-18H,3,5,7-11,13-15H2,1-2H3,(H,27,33)(H,25,26,31). The molecule has 1 spiro atoms. The molecular formula is C24H33N5O4. The molecule has 4 rings (SSSR count). The summed E-state index contributed by atoms with van der Waals surface area (Å²) in [5, 5.41) is 5.73. The third-order valence-electron chi connectivity index (χ3n) is 7.47. The lowest BCUT2D eigenvalue weighted by molar-refractivity contribution is -0.141. The first-order valence-corrected chi connectivity index (χ1v) is 12.0. The Balaban J connectivity index is 1.35. The van der Waals surface area contributed by atoms with Crippen molar-refractivity contribution in [2.45, 2.75) is 64.3 Å².